The molecule has 112 valence electrons. The summed E-state index contributed by atoms with van der Waals surface area (Å²) >= 11 is 0. The molecule has 1 rings (SSSR count). The summed E-state index contributed by atoms with van der Waals surface area (Å²) in [5.74, 6) is 7.14. The summed E-state index contributed by atoms with van der Waals surface area (Å²) in [4.78, 5) is 0. The smallest absolute Gasteiger partial charge is 0.0755 e. The van der Waals surface area contributed by atoms with Gasteiger partial charge in [-0.25, -0.2) is 0 Å². The number of hydrogen-bond donors (Lipinski definition) is 1. The van der Waals surface area contributed by atoms with E-state index in [-0.39, 0.29) is 12.0 Å². The first-order valence-electron chi connectivity index (χ1n) is 7.73. The van der Waals surface area contributed by atoms with Crippen molar-refractivity contribution in [1.82, 2.24) is 0 Å². The van der Waals surface area contributed by atoms with Crippen LogP contribution in [0.4, 0.5) is 0 Å². The fraction of sp³-hybridized carbons (Fsp3) is 0.667. The third-order valence-electron chi connectivity index (χ3n) is 3.31. The highest BCUT2D eigenvalue weighted by molar-refractivity contribution is 5.19. The van der Waals surface area contributed by atoms with Crippen LogP contribution in [-0.4, -0.2) is 24.4 Å². The summed E-state index contributed by atoms with van der Waals surface area (Å²) in [5.41, 5.74) is 1.13. The van der Waals surface area contributed by atoms with Gasteiger partial charge in [0.05, 0.1) is 18.6 Å². The van der Waals surface area contributed by atoms with Crippen molar-refractivity contribution >= 4 is 0 Å². The largest absolute Gasteiger partial charge is 0.389 e. The SMILES string of the molecule is CCOCC1C#CCC/C=C(/C(O)CC(C)C)CC=C1. The highest BCUT2D eigenvalue weighted by Crippen LogP contribution is 2.18. The molecule has 0 radical (unpaired) electrons. The third kappa shape index (κ3) is 6.93. The van der Waals surface area contributed by atoms with Crippen LogP contribution in [0, 0.1) is 23.7 Å². The average molecular weight is 276 g/mol. The predicted molar refractivity (Wildman–Crippen MR) is 84.3 cm³/mol. The normalized spacial score (nSPS) is 23.6. The van der Waals surface area contributed by atoms with Crippen LogP contribution in [0.1, 0.15) is 46.5 Å². The van der Waals surface area contributed by atoms with Crippen LogP contribution >= 0.6 is 0 Å². The second kappa shape index (κ2) is 9.80. The number of ether oxygens (including phenoxy) is 1. The van der Waals surface area contributed by atoms with Gasteiger partial charge in [-0.1, -0.05) is 38.0 Å². The Balaban J connectivity index is 2.65. The Hall–Kier alpha value is -1.04. The molecule has 1 N–H and O–H groups in total. The monoisotopic (exact) mass is 276 g/mol. The molecule has 0 aromatic carbocycles. The quantitative estimate of drug-likeness (QED) is 0.592. The highest BCUT2D eigenvalue weighted by Gasteiger charge is 2.12. The molecular formula is C18H28O2. The Morgan fingerprint density at radius 3 is 2.95 bits per heavy atom. The van der Waals surface area contributed by atoms with Crippen molar-refractivity contribution in [3.63, 3.8) is 0 Å². The van der Waals surface area contributed by atoms with Crippen molar-refractivity contribution in [1.29, 1.82) is 0 Å². The van der Waals surface area contributed by atoms with Gasteiger partial charge >= 0.3 is 0 Å². The summed E-state index contributed by atoms with van der Waals surface area (Å²) in [6.45, 7) is 7.67. The molecule has 1 aliphatic rings. The molecule has 0 aliphatic heterocycles. The molecule has 0 fully saturated rings. The van der Waals surface area contributed by atoms with E-state index in [2.05, 4.69) is 43.9 Å². The molecular weight excluding hydrogens is 248 g/mol. The van der Waals surface area contributed by atoms with Gasteiger partial charge in [0.2, 0.25) is 0 Å². The zero-order valence-corrected chi connectivity index (χ0v) is 13.1. The van der Waals surface area contributed by atoms with Crippen LogP contribution in [0.3, 0.4) is 0 Å². The van der Waals surface area contributed by atoms with E-state index in [1.54, 1.807) is 0 Å². The number of rotatable bonds is 6. The lowest BCUT2D eigenvalue weighted by atomic mass is 9.95. The maximum absolute atomic E-state index is 10.3. The molecule has 0 saturated heterocycles. The Labute approximate surface area is 123 Å². The lowest BCUT2D eigenvalue weighted by molar-refractivity contribution is 0.137. The van der Waals surface area contributed by atoms with Gasteiger partial charge in [-0.15, -0.1) is 5.92 Å². The van der Waals surface area contributed by atoms with E-state index >= 15 is 0 Å². The Morgan fingerprint density at radius 2 is 2.25 bits per heavy atom. The van der Waals surface area contributed by atoms with Crippen LogP contribution in [0.2, 0.25) is 0 Å². The average Bonchev–Trinajstić information content (AvgIpc) is 2.41. The molecule has 0 aromatic rings. The predicted octanol–water partition coefficient (Wildman–Crippen LogP) is 3.72. The number of hydrogen-bond acceptors (Lipinski definition) is 2. The summed E-state index contributed by atoms with van der Waals surface area (Å²) in [7, 11) is 0. The maximum atomic E-state index is 10.3. The van der Waals surface area contributed by atoms with Crippen molar-refractivity contribution in [2.75, 3.05) is 13.2 Å². The van der Waals surface area contributed by atoms with Gasteiger partial charge in [0.25, 0.3) is 0 Å². The second-order valence-corrected chi connectivity index (χ2v) is 5.68. The fourth-order valence-corrected chi connectivity index (χ4v) is 2.24. The molecule has 0 amide bonds. The van der Waals surface area contributed by atoms with E-state index in [9.17, 15) is 5.11 Å². The van der Waals surface area contributed by atoms with Crippen LogP contribution in [0.25, 0.3) is 0 Å². The first-order valence-corrected chi connectivity index (χ1v) is 7.73. The third-order valence-corrected chi connectivity index (χ3v) is 3.31. The van der Waals surface area contributed by atoms with Gasteiger partial charge in [0.1, 0.15) is 0 Å². The molecule has 0 saturated carbocycles. The molecule has 2 atom stereocenters. The summed E-state index contributed by atoms with van der Waals surface area (Å²) in [6.07, 6.45) is 9.50. The van der Waals surface area contributed by atoms with E-state index < -0.39 is 0 Å². The minimum Gasteiger partial charge on any atom is -0.389 e. The molecule has 2 heteroatoms. The van der Waals surface area contributed by atoms with E-state index in [0.29, 0.717) is 12.5 Å². The standard InChI is InChI=1S/C18H28O2/c1-4-20-14-16-9-6-5-7-11-17(12-8-10-16)18(19)13-15(2)3/h8,10-11,15-16,18-19H,4-5,7,12-14H2,1-3H3/b10-8?,17-11+. The van der Waals surface area contributed by atoms with Gasteiger partial charge < -0.3 is 9.84 Å². The number of aliphatic hydroxyl groups is 1. The van der Waals surface area contributed by atoms with Gasteiger partial charge in [0, 0.05) is 13.0 Å². The molecule has 0 aromatic heterocycles. The van der Waals surface area contributed by atoms with Crippen LogP contribution in [0.5, 0.6) is 0 Å². The van der Waals surface area contributed by atoms with Crippen LogP contribution < -0.4 is 0 Å². The zero-order chi connectivity index (χ0) is 14.8. The fourth-order valence-electron chi connectivity index (χ4n) is 2.24. The lowest BCUT2D eigenvalue weighted by Crippen LogP contribution is -2.13. The zero-order valence-electron chi connectivity index (χ0n) is 13.1. The van der Waals surface area contributed by atoms with Crippen molar-refractivity contribution in [2.24, 2.45) is 11.8 Å². The van der Waals surface area contributed by atoms with Gasteiger partial charge in [-0.3, -0.25) is 0 Å². The molecule has 0 heterocycles. The molecule has 1 aliphatic carbocycles. The molecule has 2 unspecified atom stereocenters. The molecule has 2 nitrogen and oxygen atoms in total. The first kappa shape index (κ1) is 17.0. The summed E-state index contributed by atoms with van der Waals surface area (Å²) in [5, 5.41) is 10.3. The van der Waals surface area contributed by atoms with Crippen molar-refractivity contribution in [3.8, 4) is 11.8 Å². The van der Waals surface area contributed by atoms with Gasteiger partial charge in [0.15, 0.2) is 0 Å². The second-order valence-electron chi connectivity index (χ2n) is 5.68. The lowest BCUT2D eigenvalue weighted by Gasteiger charge is -2.16. The number of aliphatic hydroxyl groups excluding tert-OH is 1. The van der Waals surface area contributed by atoms with E-state index in [1.165, 1.54) is 0 Å². The Kier molecular flexibility index (Phi) is 8.34. The van der Waals surface area contributed by atoms with E-state index in [1.807, 2.05) is 6.92 Å². The van der Waals surface area contributed by atoms with Gasteiger partial charge in [-0.2, -0.15) is 0 Å². The highest BCUT2D eigenvalue weighted by atomic mass is 16.5. The van der Waals surface area contributed by atoms with Crippen LogP contribution in [0.15, 0.2) is 23.8 Å². The maximum Gasteiger partial charge on any atom is 0.0755 e. The first-order chi connectivity index (χ1) is 9.63. The molecule has 0 bridgehead atoms. The molecule has 0 spiro atoms. The Morgan fingerprint density at radius 1 is 1.45 bits per heavy atom. The van der Waals surface area contributed by atoms with Crippen molar-refractivity contribution < 1.29 is 9.84 Å². The number of allylic oxidation sites excluding steroid dienone is 2. The van der Waals surface area contributed by atoms with Crippen LogP contribution in [-0.2, 0) is 4.74 Å². The van der Waals surface area contributed by atoms with Crippen molar-refractivity contribution in [3.05, 3.63) is 23.8 Å². The van der Waals surface area contributed by atoms with Gasteiger partial charge in [-0.05, 0) is 37.7 Å². The topological polar surface area (TPSA) is 29.5 Å². The summed E-state index contributed by atoms with van der Waals surface area (Å²) < 4.78 is 5.45. The van der Waals surface area contributed by atoms with E-state index in [4.69, 9.17) is 4.74 Å². The minimum absolute atomic E-state index is 0.177. The minimum atomic E-state index is -0.322. The molecule has 20 heavy (non-hydrogen) atoms. The Bertz CT molecular complexity index is 382. The summed E-state index contributed by atoms with van der Waals surface area (Å²) in [6, 6.07) is 0. The van der Waals surface area contributed by atoms with Crippen molar-refractivity contribution in [2.45, 2.75) is 52.6 Å². The van der Waals surface area contributed by atoms with E-state index in [0.717, 1.165) is 37.9 Å².